The molecule has 0 aliphatic carbocycles. The first-order valence-electron chi connectivity index (χ1n) is 30.1. The van der Waals surface area contributed by atoms with Crippen molar-refractivity contribution >= 4 is 35.4 Å². The van der Waals surface area contributed by atoms with Crippen LogP contribution < -0.4 is 35.0 Å². The van der Waals surface area contributed by atoms with Gasteiger partial charge in [0, 0.05) is 16.9 Å². The number of hydrogen-bond donors (Lipinski definition) is 3. The van der Waals surface area contributed by atoms with Gasteiger partial charge in [0.05, 0.1) is 26.0 Å². The van der Waals surface area contributed by atoms with Crippen LogP contribution in [0.2, 0.25) is 0 Å². The second-order valence-corrected chi connectivity index (χ2v) is 20.5. The Kier molecular flexibility index (Phi) is 32.1. The highest BCUT2D eigenvalue weighted by atomic mass is 16.5. The first-order chi connectivity index (χ1) is 38.0. The standard InChI is InChI=1S/C65H95N7O5/c1-4-7-10-13-16-19-22-25-28-37-48-74-59-51-55(52-60(75-49-38-29-26-23-20-17-14-11-8-5-2)61(59)76-50-39-30-27-24-21-18-15-12-9-6-3)62(73)72-66-53-54-44-46-58(47-45-54)77-65-70-63(67-56-40-33-31-34-41-56)69-64(71-65)68-57-42-35-32-36-43-57/h31-36,40-47,51-53H,4-30,37-39,48-50H2,1-3H3,(H,72,73)(H2,67,68,69,70,71)/b66-53+. The number of benzene rings is 4. The molecule has 0 bridgehead atoms. The van der Waals surface area contributed by atoms with Crippen molar-refractivity contribution < 1.29 is 23.7 Å². The minimum Gasteiger partial charge on any atom is -0.490 e. The predicted octanol–water partition coefficient (Wildman–Crippen LogP) is 18.8. The molecular weight excluding hydrogens is 959 g/mol. The van der Waals surface area contributed by atoms with E-state index < -0.39 is 0 Å². The fourth-order valence-corrected chi connectivity index (χ4v) is 9.14. The maximum absolute atomic E-state index is 13.9. The lowest BCUT2D eigenvalue weighted by Crippen LogP contribution is -2.18. The molecule has 77 heavy (non-hydrogen) atoms. The number of amides is 1. The molecule has 3 N–H and O–H groups in total. The minimum absolute atomic E-state index is 0.111. The molecule has 4 aromatic carbocycles. The fraction of sp³-hybridized carbons (Fsp3) is 0.554. The Labute approximate surface area is 463 Å². The van der Waals surface area contributed by atoms with E-state index in [4.69, 9.17) is 18.9 Å². The third-order valence-corrected chi connectivity index (χ3v) is 13.7. The summed E-state index contributed by atoms with van der Waals surface area (Å²) in [6.07, 6.45) is 39.0. The van der Waals surface area contributed by atoms with E-state index >= 15 is 0 Å². The van der Waals surface area contributed by atoms with Crippen LogP contribution in [0.4, 0.5) is 23.3 Å². The molecule has 12 nitrogen and oxygen atoms in total. The van der Waals surface area contributed by atoms with Crippen LogP contribution in [-0.2, 0) is 0 Å². The van der Waals surface area contributed by atoms with Gasteiger partial charge in [-0.3, -0.25) is 4.79 Å². The summed E-state index contributed by atoms with van der Waals surface area (Å²) in [6, 6.07) is 30.3. The summed E-state index contributed by atoms with van der Waals surface area (Å²) in [6.45, 7) is 8.45. The van der Waals surface area contributed by atoms with Gasteiger partial charge in [0.25, 0.3) is 5.91 Å². The lowest BCUT2D eigenvalue weighted by Gasteiger charge is -2.19. The summed E-state index contributed by atoms with van der Waals surface area (Å²) in [5.74, 6) is 2.47. The van der Waals surface area contributed by atoms with Gasteiger partial charge in [0.15, 0.2) is 11.5 Å². The van der Waals surface area contributed by atoms with Crippen molar-refractivity contribution in [1.82, 2.24) is 20.4 Å². The van der Waals surface area contributed by atoms with Crippen LogP contribution in [0.15, 0.2) is 102 Å². The molecule has 0 spiro atoms. The number of carbonyl (C=O) groups excluding carboxylic acids is 1. The van der Waals surface area contributed by atoms with Crippen molar-refractivity contribution in [3.05, 3.63) is 108 Å². The van der Waals surface area contributed by atoms with Crippen LogP contribution in [-0.4, -0.2) is 46.9 Å². The van der Waals surface area contributed by atoms with Crippen molar-refractivity contribution in [2.75, 3.05) is 30.5 Å². The number of carbonyl (C=O) groups is 1. The van der Waals surface area contributed by atoms with Crippen molar-refractivity contribution in [1.29, 1.82) is 0 Å². The van der Waals surface area contributed by atoms with Gasteiger partial charge >= 0.3 is 6.01 Å². The Morgan fingerprint density at radius 1 is 0.455 bits per heavy atom. The van der Waals surface area contributed by atoms with Gasteiger partial charge in [-0.2, -0.15) is 20.1 Å². The number of hydrogen-bond acceptors (Lipinski definition) is 11. The average Bonchev–Trinajstić information content (AvgIpc) is 3.45. The summed E-state index contributed by atoms with van der Waals surface area (Å²) in [4.78, 5) is 27.6. The van der Waals surface area contributed by atoms with Gasteiger partial charge in [0.2, 0.25) is 17.6 Å². The Bertz CT molecular complexity index is 2210. The zero-order valence-electron chi connectivity index (χ0n) is 47.5. The minimum atomic E-state index is -0.371. The Morgan fingerprint density at radius 3 is 1.23 bits per heavy atom. The van der Waals surface area contributed by atoms with E-state index in [1.165, 1.54) is 154 Å². The quantitative estimate of drug-likeness (QED) is 0.0196. The molecule has 0 unspecified atom stereocenters. The zero-order valence-corrected chi connectivity index (χ0v) is 47.5. The van der Waals surface area contributed by atoms with Gasteiger partial charge in [-0.25, -0.2) is 5.43 Å². The SMILES string of the molecule is CCCCCCCCCCCCOc1cc(C(=O)N/N=C/c2ccc(Oc3nc(Nc4ccccc4)nc(Nc4ccccc4)n3)cc2)cc(OCCCCCCCCCCCC)c1OCCCCCCCCCCCC. The first kappa shape index (κ1) is 61.7. The second kappa shape index (κ2) is 40.1. The number of anilines is 4. The highest BCUT2D eigenvalue weighted by molar-refractivity contribution is 5.96. The maximum atomic E-state index is 13.9. The van der Waals surface area contributed by atoms with Crippen LogP contribution in [0.1, 0.15) is 229 Å². The molecule has 0 atom stereocenters. The summed E-state index contributed by atoms with van der Waals surface area (Å²) in [7, 11) is 0. The molecule has 1 amide bonds. The van der Waals surface area contributed by atoms with Crippen LogP contribution in [0.3, 0.4) is 0 Å². The lowest BCUT2D eigenvalue weighted by atomic mass is 10.1. The number of nitrogens with one attached hydrogen (secondary N) is 3. The molecule has 0 aliphatic rings. The van der Waals surface area contributed by atoms with Crippen LogP contribution >= 0.6 is 0 Å². The fourth-order valence-electron chi connectivity index (χ4n) is 9.14. The van der Waals surface area contributed by atoms with Crippen LogP contribution in [0.25, 0.3) is 0 Å². The van der Waals surface area contributed by atoms with Gasteiger partial charge in [-0.05, 0) is 85.5 Å². The average molecular weight is 1050 g/mol. The number of para-hydroxylation sites is 2. The molecule has 0 aliphatic heterocycles. The molecule has 0 fully saturated rings. The Hall–Kier alpha value is -6.17. The van der Waals surface area contributed by atoms with E-state index in [2.05, 4.69) is 56.9 Å². The van der Waals surface area contributed by atoms with Crippen molar-refractivity contribution in [2.45, 2.75) is 213 Å². The van der Waals surface area contributed by atoms with E-state index in [1.54, 1.807) is 30.5 Å². The molecule has 420 valence electrons. The van der Waals surface area contributed by atoms with Crippen molar-refractivity contribution in [3.8, 4) is 29.0 Å². The number of rotatable bonds is 45. The second-order valence-electron chi connectivity index (χ2n) is 20.5. The maximum Gasteiger partial charge on any atom is 0.328 e. The first-order valence-corrected chi connectivity index (χ1v) is 30.1. The largest absolute Gasteiger partial charge is 0.490 e. The highest BCUT2D eigenvalue weighted by Crippen LogP contribution is 2.40. The third-order valence-electron chi connectivity index (χ3n) is 13.7. The molecule has 5 aromatic rings. The van der Waals surface area contributed by atoms with E-state index in [0.717, 1.165) is 55.5 Å². The molecule has 0 radical (unpaired) electrons. The number of ether oxygens (including phenoxy) is 4. The highest BCUT2D eigenvalue weighted by Gasteiger charge is 2.20. The summed E-state index contributed by atoms with van der Waals surface area (Å²) < 4.78 is 25.8. The van der Waals surface area contributed by atoms with Crippen LogP contribution in [0, 0.1) is 0 Å². The van der Waals surface area contributed by atoms with E-state index in [9.17, 15) is 4.79 Å². The zero-order chi connectivity index (χ0) is 54.1. The smallest absolute Gasteiger partial charge is 0.328 e. The van der Waals surface area contributed by atoms with Gasteiger partial charge < -0.3 is 29.6 Å². The number of nitrogens with zero attached hydrogens (tertiary/aromatic N) is 4. The Balaban J connectivity index is 1.24. The number of aromatic nitrogens is 3. The summed E-state index contributed by atoms with van der Waals surface area (Å²) >= 11 is 0. The summed E-state index contributed by atoms with van der Waals surface area (Å²) in [5.41, 5.74) is 5.55. The third kappa shape index (κ3) is 27.1. The topological polar surface area (TPSA) is 141 Å². The molecule has 0 saturated carbocycles. The van der Waals surface area contributed by atoms with Gasteiger partial charge in [-0.1, -0.05) is 231 Å². The van der Waals surface area contributed by atoms with E-state index in [1.807, 2.05) is 72.8 Å². The molecule has 1 aromatic heterocycles. The predicted molar refractivity (Wildman–Crippen MR) is 319 cm³/mol. The lowest BCUT2D eigenvalue weighted by molar-refractivity contribution is 0.0953. The van der Waals surface area contributed by atoms with Gasteiger partial charge in [-0.15, -0.1) is 0 Å². The van der Waals surface area contributed by atoms with Crippen molar-refractivity contribution in [3.63, 3.8) is 0 Å². The summed E-state index contributed by atoms with van der Waals surface area (Å²) in [5, 5.41) is 10.8. The molecular formula is C65H95N7O5. The normalized spacial score (nSPS) is 11.2. The van der Waals surface area contributed by atoms with Crippen LogP contribution in [0.5, 0.6) is 29.0 Å². The number of unbranched alkanes of at least 4 members (excludes halogenated alkanes) is 27. The molecule has 0 saturated heterocycles. The molecule has 5 rings (SSSR count). The number of hydrazone groups is 1. The van der Waals surface area contributed by atoms with Crippen molar-refractivity contribution in [2.24, 2.45) is 5.10 Å². The molecule has 1 heterocycles. The van der Waals surface area contributed by atoms with E-state index in [0.29, 0.717) is 60.3 Å². The van der Waals surface area contributed by atoms with Gasteiger partial charge in [0.1, 0.15) is 5.75 Å². The van der Waals surface area contributed by atoms with E-state index in [-0.39, 0.29) is 11.9 Å². The monoisotopic (exact) mass is 1050 g/mol. The Morgan fingerprint density at radius 2 is 0.831 bits per heavy atom. The molecule has 12 heteroatoms.